The smallest absolute Gasteiger partial charge is 0.410 e. The summed E-state index contributed by atoms with van der Waals surface area (Å²) in [6, 6.07) is 7.97. The zero-order valence-electron chi connectivity index (χ0n) is 20.3. The van der Waals surface area contributed by atoms with Crippen molar-refractivity contribution in [3.05, 3.63) is 82.8 Å². The van der Waals surface area contributed by atoms with Crippen LogP contribution in [-0.2, 0) is 17.9 Å². The number of allylic oxidation sites excluding steroid dienone is 2. The average Bonchev–Trinajstić information content (AvgIpc) is 2.83. The lowest BCUT2D eigenvalue weighted by molar-refractivity contribution is 0.0698. The highest BCUT2D eigenvalue weighted by molar-refractivity contribution is 6.31. The van der Waals surface area contributed by atoms with E-state index in [4.69, 9.17) is 26.1 Å². The maximum absolute atomic E-state index is 12.1. The molecule has 35 heavy (non-hydrogen) atoms. The molecule has 0 aliphatic carbocycles. The molecule has 2 aromatic heterocycles. The van der Waals surface area contributed by atoms with Crippen LogP contribution < -0.4 is 4.74 Å². The summed E-state index contributed by atoms with van der Waals surface area (Å²) >= 11 is 6.51. The Hall–Kier alpha value is -3.58. The van der Waals surface area contributed by atoms with E-state index in [9.17, 15) is 4.79 Å². The van der Waals surface area contributed by atoms with Crippen LogP contribution >= 0.6 is 11.6 Å². The van der Waals surface area contributed by atoms with Gasteiger partial charge in [-0.25, -0.2) is 9.78 Å². The minimum atomic E-state index is -0.325. The normalized spacial score (nSPS) is 14.1. The van der Waals surface area contributed by atoms with Crippen LogP contribution in [-0.4, -0.2) is 53.1 Å². The van der Waals surface area contributed by atoms with Crippen LogP contribution in [0.2, 0.25) is 5.02 Å². The number of hydrogen-bond acceptors (Lipinski definition) is 6. The Bertz CT molecular complexity index is 1290. The first-order chi connectivity index (χ1) is 16.9. The topological polar surface area (TPSA) is 67.8 Å². The van der Waals surface area contributed by atoms with Crippen molar-refractivity contribution < 1.29 is 14.3 Å². The maximum atomic E-state index is 12.1. The number of fused-ring (bicyclic) bond motifs is 1. The molecule has 3 aromatic rings. The van der Waals surface area contributed by atoms with Crippen LogP contribution in [0.5, 0.6) is 5.75 Å². The van der Waals surface area contributed by atoms with Crippen LogP contribution in [0, 0.1) is 6.92 Å². The monoisotopic (exact) mass is 492 g/mol. The van der Waals surface area contributed by atoms with Gasteiger partial charge in [0, 0.05) is 60.9 Å². The van der Waals surface area contributed by atoms with E-state index in [-0.39, 0.29) is 12.7 Å². The zero-order valence-corrected chi connectivity index (χ0v) is 21.0. The molecule has 1 aromatic carbocycles. The molecule has 0 saturated carbocycles. The van der Waals surface area contributed by atoms with Crippen molar-refractivity contribution in [1.29, 1.82) is 0 Å². The third-order valence-corrected chi connectivity index (χ3v) is 6.17. The van der Waals surface area contributed by atoms with E-state index in [2.05, 4.69) is 22.5 Å². The number of carbonyl (C=O) groups is 1. The highest BCUT2D eigenvalue weighted by Crippen LogP contribution is 2.33. The summed E-state index contributed by atoms with van der Waals surface area (Å²) in [4.78, 5) is 24.8. The third kappa shape index (κ3) is 5.41. The van der Waals surface area contributed by atoms with Gasteiger partial charge in [0.1, 0.15) is 17.9 Å². The highest BCUT2D eigenvalue weighted by atomic mass is 35.5. The van der Waals surface area contributed by atoms with Gasteiger partial charge < -0.3 is 19.3 Å². The zero-order chi connectivity index (χ0) is 24.9. The summed E-state index contributed by atoms with van der Waals surface area (Å²) in [5, 5.41) is 1.47. The van der Waals surface area contributed by atoms with E-state index in [0.29, 0.717) is 30.5 Å². The lowest BCUT2D eigenvalue weighted by atomic mass is 10.0. The van der Waals surface area contributed by atoms with Crippen molar-refractivity contribution in [3.63, 3.8) is 0 Å². The first-order valence-corrected chi connectivity index (χ1v) is 11.8. The Morgan fingerprint density at radius 2 is 2.17 bits per heavy atom. The molecule has 0 spiro atoms. The Morgan fingerprint density at radius 1 is 1.34 bits per heavy atom. The van der Waals surface area contributed by atoms with Crippen LogP contribution in [0.3, 0.4) is 0 Å². The van der Waals surface area contributed by atoms with E-state index in [1.165, 1.54) is 0 Å². The number of amides is 1. The number of hydrogen-bond donors (Lipinski definition) is 0. The Labute approximate surface area is 210 Å². The molecule has 1 aliphatic heterocycles. The van der Waals surface area contributed by atoms with Gasteiger partial charge in [0.15, 0.2) is 0 Å². The molecule has 8 heteroatoms. The van der Waals surface area contributed by atoms with Gasteiger partial charge in [-0.3, -0.25) is 4.98 Å². The molecule has 0 N–H and O–H groups in total. The molecule has 0 bridgehead atoms. The summed E-state index contributed by atoms with van der Waals surface area (Å²) in [7, 11) is 4.00. The van der Waals surface area contributed by atoms with Crippen molar-refractivity contribution in [1.82, 2.24) is 19.8 Å². The summed E-state index contributed by atoms with van der Waals surface area (Å²) in [6.07, 6.45) is 7.54. The first kappa shape index (κ1) is 24.5. The number of cyclic esters (lactones) is 1. The number of nitrogens with zero attached hydrogens (tertiary/aromatic N) is 4. The number of carbonyl (C=O) groups excluding carboxylic acids is 1. The number of para-hydroxylation sites is 1. The number of pyridine rings is 2. The highest BCUT2D eigenvalue weighted by Gasteiger charge is 2.22. The molecular weight excluding hydrogens is 464 g/mol. The maximum Gasteiger partial charge on any atom is 0.410 e. The van der Waals surface area contributed by atoms with E-state index in [1.54, 1.807) is 23.4 Å². The van der Waals surface area contributed by atoms with Crippen LogP contribution in [0.1, 0.15) is 28.8 Å². The fourth-order valence-electron chi connectivity index (χ4n) is 4.17. The second kappa shape index (κ2) is 10.8. The van der Waals surface area contributed by atoms with Gasteiger partial charge >= 0.3 is 6.09 Å². The molecule has 1 aliphatic rings. The summed E-state index contributed by atoms with van der Waals surface area (Å²) in [6.45, 7) is 7.49. The molecule has 4 rings (SSSR count). The van der Waals surface area contributed by atoms with Crippen molar-refractivity contribution in [2.45, 2.75) is 26.5 Å². The van der Waals surface area contributed by atoms with Gasteiger partial charge in [-0.05, 0) is 37.1 Å². The lowest BCUT2D eigenvalue weighted by Gasteiger charge is -2.27. The van der Waals surface area contributed by atoms with Crippen LogP contribution in [0.15, 0.2) is 55.4 Å². The molecular formula is C27H29ClN4O3. The molecule has 182 valence electrons. The predicted octanol–water partition coefficient (Wildman–Crippen LogP) is 5.60. The molecule has 3 heterocycles. The van der Waals surface area contributed by atoms with Crippen LogP contribution in [0.25, 0.3) is 16.6 Å². The number of ether oxygens (including phenoxy) is 2. The standard InChI is InChI=1S/C27H29ClN4O3/c1-5-8-24(31(3)4)21-13-18(2)30-26-20(21)9-6-10-25(26)35-17-22-19(14-29-15-23(22)28)16-32-11-7-12-34-27(32)33/h5-6,8-10,13-15H,1,7,11-12,16-17H2,2-4H3/b24-8-. The molecule has 7 nitrogen and oxygen atoms in total. The quantitative estimate of drug-likeness (QED) is 0.381. The average molecular weight is 493 g/mol. The number of aryl methyl sites for hydroxylation is 1. The van der Waals surface area contributed by atoms with Gasteiger partial charge in [-0.1, -0.05) is 36.4 Å². The fourth-order valence-corrected chi connectivity index (χ4v) is 4.40. The van der Waals surface area contributed by atoms with E-state index >= 15 is 0 Å². The van der Waals surface area contributed by atoms with Gasteiger partial charge in [-0.2, -0.15) is 0 Å². The number of aromatic nitrogens is 2. The van der Waals surface area contributed by atoms with Crippen molar-refractivity contribution in [3.8, 4) is 5.75 Å². The molecule has 0 atom stereocenters. The third-order valence-electron chi connectivity index (χ3n) is 5.85. The largest absolute Gasteiger partial charge is 0.487 e. The minimum Gasteiger partial charge on any atom is -0.487 e. The number of halogens is 1. The van der Waals surface area contributed by atoms with E-state index < -0.39 is 0 Å². The number of benzene rings is 1. The predicted molar refractivity (Wildman–Crippen MR) is 138 cm³/mol. The Balaban J connectivity index is 1.67. The SMILES string of the molecule is C=C/C=C(/c1cc(C)nc2c(OCc3c(Cl)cncc3CN3CCCOC3=O)cccc12)N(C)C. The summed E-state index contributed by atoms with van der Waals surface area (Å²) in [5.74, 6) is 0.653. The minimum absolute atomic E-state index is 0.215. The van der Waals surface area contributed by atoms with Gasteiger partial charge in [0.25, 0.3) is 0 Å². The molecule has 1 amide bonds. The fraction of sp³-hybridized carbons (Fsp3) is 0.296. The molecule has 1 saturated heterocycles. The van der Waals surface area contributed by atoms with Gasteiger partial charge in [-0.15, -0.1) is 0 Å². The van der Waals surface area contributed by atoms with Crippen molar-refractivity contribution >= 4 is 34.3 Å². The van der Waals surface area contributed by atoms with E-state index in [0.717, 1.165) is 45.4 Å². The Kier molecular flexibility index (Phi) is 7.56. The molecule has 0 unspecified atom stereocenters. The first-order valence-electron chi connectivity index (χ1n) is 11.5. The summed E-state index contributed by atoms with van der Waals surface area (Å²) < 4.78 is 11.5. The second-order valence-electron chi connectivity index (χ2n) is 8.58. The summed E-state index contributed by atoms with van der Waals surface area (Å²) in [5.41, 5.74) is 5.34. The van der Waals surface area contributed by atoms with E-state index in [1.807, 2.05) is 45.3 Å². The second-order valence-corrected chi connectivity index (χ2v) is 8.99. The van der Waals surface area contributed by atoms with Crippen molar-refractivity contribution in [2.24, 2.45) is 0 Å². The lowest BCUT2D eigenvalue weighted by Crippen LogP contribution is -2.37. The Morgan fingerprint density at radius 3 is 2.91 bits per heavy atom. The molecule has 0 radical (unpaired) electrons. The molecule has 1 fully saturated rings. The van der Waals surface area contributed by atoms with Crippen molar-refractivity contribution in [2.75, 3.05) is 27.2 Å². The number of rotatable bonds is 8. The van der Waals surface area contributed by atoms with Gasteiger partial charge in [0.05, 0.1) is 18.2 Å². The van der Waals surface area contributed by atoms with Crippen LogP contribution in [0.4, 0.5) is 4.79 Å². The van der Waals surface area contributed by atoms with Gasteiger partial charge in [0.2, 0.25) is 0 Å².